The van der Waals surface area contributed by atoms with Crippen LogP contribution in [0.1, 0.15) is 17.0 Å². The van der Waals surface area contributed by atoms with Crippen molar-refractivity contribution in [3.8, 4) is 5.69 Å². The van der Waals surface area contributed by atoms with Crippen LogP contribution in [0.5, 0.6) is 0 Å². The highest BCUT2D eigenvalue weighted by molar-refractivity contribution is 7.71. The topological polar surface area (TPSA) is 29.2 Å². The molecule has 3 aromatic rings. The summed E-state index contributed by atoms with van der Waals surface area (Å²) in [5.41, 5.74) is 3.56. The van der Waals surface area contributed by atoms with Gasteiger partial charge in [-0.1, -0.05) is 54.6 Å². The Morgan fingerprint density at radius 3 is 2.40 bits per heavy atom. The van der Waals surface area contributed by atoms with Crippen molar-refractivity contribution in [3.63, 3.8) is 0 Å². The summed E-state index contributed by atoms with van der Waals surface area (Å²) in [6.07, 6.45) is 4.46. The minimum Gasteiger partial charge on any atom is -0.297 e. The molecule has 0 atom stereocenters. The molecule has 0 saturated carbocycles. The van der Waals surface area contributed by atoms with Gasteiger partial charge in [0.25, 0.3) is 0 Å². The Morgan fingerprint density at radius 2 is 1.67 bits per heavy atom. The Morgan fingerprint density at radius 1 is 0.933 bits per heavy atom. The number of piperazine rings is 1. The first-order chi connectivity index (χ1) is 14.6. The number of aromatic nitrogens is 3. The van der Waals surface area contributed by atoms with Gasteiger partial charge in [0.1, 0.15) is 5.82 Å². The van der Waals surface area contributed by atoms with Gasteiger partial charge >= 0.3 is 0 Å². The van der Waals surface area contributed by atoms with E-state index >= 15 is 0 Å². The minimum absolute atomic E-state index is 0.742. The van der Waals surface area contributed by atoms with Gasteiger partial charge in [-0.3, -0.25) is 14.4 Å². The first kappa shape index (κ1) is 20.7. The second-order valence-corrected chi connectivity index (χ2v) is 8.24. The van der Waals surface area contributed by atoms with Gasteiger partial charge in [-0.05, 0) is 49.3 Å². The number of hydrogen-bond acceptors (Lipinski definition) is 4. The van der Waals surface area contributed by atoms with E-state index in [9.17, 15) is 0 Å². The molecule has 0 N–H and O–H groups in total. The third-order valence-corrected chi connectivity index (χ3v) is 5.93. The molecule has 1 fully saturated rings. The Labute approximate surface area is 183 Å². The lowest BCUT2D eigenvalue weighted by Crippen LogP contribution is -2.46. The molecule has 2 aromatic carbocycles. The number of aryl methyl sites for hydroxylation is 2. The molecule has 5 nitrogen and oxygen atoms in total. The fourth-order valence-electron chi connectivity index (χ4n) is 3.88. The average Bonchev–Trinajstić information content (AvgIpc) is 3.03. The highest BCUT2D eigenvalue weighted by atomic mass is 32.1. The van der Waals surface area contributed by atoms with Crippen LogP contribution in [0.2, 0.25) is 0 Å². The summed E-state index contributed by atoms with van der Waals surface area (Å²) < 4.78 is 4.77. The molecule has 0 radical (unpaired) electrons. The summed E-state index contributed by atoms with van der Waals surface area (Å²) >= 11 is 5.75. The highest BCUT2D eigenvalue weighted by Crippen LogP contribution is 2.14. The predicted octanol–water partition coefficient (Wildman–Crippen LogP) is 4.31. The predicted molar refractivity (Wildman–Crippen MR) is 125 cm³/mol. The first-order valence-electron chi connectivity index (χ1n) is 10.5. The zero-order valence-corrected chi connectivity index (χ0v) is 18.6. The van der Waals surface area contributed by atoms with E-state index in [0.717, 1.165) is 55.7 Å². The van der Waals surface area contributed by atoms with Gasteiger partial charge in [0, 0.05) is 38.4 Å². The smallest absolute Gasteiger partial charge is 0.203 e. The van der Waals surface area contributed by atoms with Crippen LogP contribution in [-0.4, -0.2) is 56.9 Å². The van der Waals surface area contributed by atoms with Crippen LogP contribution in [0.4, 0.5) is 0 Å². The second kappa shape index (κ2) is 9.51. The fourth-order valence-corrected chi connectivity index (χ4v) is 4.21. The molecule has 0 aliphatic carbocycles. The molecule has 1 aliphatic rings. The highest BCUT2D eigenvalue weighted by Gasteiger charge is 2.18. The standard InChI is InChI=1S/C24H29N5S/c1-20-8-6-12-23(18-20)29-21(2)25-28(24(29)30)19-27-16-14-26(15-17-27)13-7-11-22-9-4-3-5-10-22/h3-12,18H,13-17,19H2,1-2H3. The van der Waals surface area contributed by atoms with Gasteiger partial charge in [0.15, 0.2) is 0 Å². The van der Waals surface area contributed by atoms with Gasteiger partial charge in [0.05, 0.1) is 6.67 Å². The van der Waals surface area contributed by atoms with Gasteiger partial charge < -0.3 is 0 Å². The van der Waals surface area contributed by atoms with E-state index in [-0.39, 0.29) is 0 Å². The van der Waals surface area contributed by atoms with E-state index in [0.29, 0.717) is 0 Å². The number of nitrogens with zero attached hydrogens (tertiary/aromatic N) is 5. The van der Waals surface area contributed by atoms with Gasteiger partial charge in [0.2, 0.25) is 4.77 Å². The monoisotopic (exact) mass is 419 g/mol. The quantitative estimate of drug-likeness (QED) is 0.557. The lowest BCUT2D eigenvalue weighted by molar-refractivity contribution is 0.110. The zero-order chi connectivity index (χ0) is 20.9. The molecule has 156 valence electrons. The summed E-state index contributed by atoms with van der Waals surface area (Å²) in [4.78, 5) is 4.92. The van der Waals surface area contributed by atoms with Crippen LogP contribution < -0.4 is 0 Å². The fraction of sp³-hybridized carbons (Fsp3) is 0.333. The van der Waals surface area contributed by atoms with Crippen LogP contribution in [0, 0.1) is 18.6 Å². The largest absolute Gasteiger partial charge is 0.297 e. The van der Waals surface area contributed by atoms with Crippen molar-refractivity contribution in [2.24, 2.45) is 0 Å². The molecule has 0 unspecified atom stereocenters. The van der Waals surface area contributed by atoms with Crippen molar-refractivity contribution >= 4 is 18.3 Å². The molecule has 1 aromatic heterocycles. The Kier molecular flexibility index (Phi) is 6.57. The van der Waals surface area contributed by atoms with Crippen molar-refractivity contribution in [1.82, 2.24) is 24.1 Å². The molecule has 6 heteroatoms. The SMILES string of the molecule is Cc1cccc(-n2c(C)nn(CN3CCN(CC=Cc4ccccc4)CC3)c2=S)c1. The van der Waals surface area contributed by atoms with Crippen LogP contribution in [0.3, 0.4) is 0 Å². The van der Waals surface area contributed by atoms with E-state index < -0.39 is 0 Å². The molecule has 30 heavy (non-hydrogen) atoms. The van der Waals surface area contributed by atoms with Crippen molar-refractivity contribution in [2.75, 3.05) is 32.7 Å². The summed E-state index contributed by atoms with van der Waals surface area (Å²) in [6.45, 7) is 10.0. The zero-order valence-electron chi connectivity index (χ0n) is 17.7. The lowest BCUT2D eigenvalue weighted by Gasteiger charge is -2.33. The Bertz CT molecular complexity index is 1060. The van der Waals surface area contributed by atoms with Crippen LogP contribution >= 0.6 is 12.2 Å². The van der Waals surface area contributed by atoms with Gasteiger partial charge in [-0.2, -0.15) is 5.10 Å². The van der Waals surface area contributed by atoms with Crippen LogP contribution in [0.25, 0.3) is 11.8 Å². The van der Waals surface area contributed by atoms with Crippen molar-refractivity contribution < 1.29 is 0 Å². The third-order valence-electron chi connectivity index (χ3n) is 5.53. The molecular formula is C24H29N5S. The lowest BCUT2D eigenvalue weighted by atomic mass is 10.2. The summed E-state index contributed by atoms with van der Waals surface area (Å²) in [7, 11) is 0. The van der Waals surface area contributed by atoms with E-state index in [4.69, 9.17) is 17.3 Å². The van der Waals surface area contributed by atoms with E-state index in [1.807, 2.05) is 17.7 Å². The average molecular weight is 420 g/mol. The Balaban J connectivity index is 1.34. The maximum absolute atomic E-state index is 5.75. The third kappa shape index (κ3) is 4.95. The van der Waals surface area contributed by atoms with Gasteiger partial charge in [-0.15, -0.1) is 0 Å². The molecular weight excluding hydrogens is 390 g/mol. The Hall–Kier alpha value is -2.54. The summed E-state index contributed by atoms with van der Waals surface area (Å²) in [5.74, 6) is 0.926. The van der Waals surface area contributed by atoms with Crippen molar-refractivity contribution in [3.05, 3.63) is 82.4 Å². The van der Waals surface area contributed by atoms with Crippen LogP contribution in [0.15, 0.2) is 60.7 Å². The molecule has 0 spiro atoms. The van der Waals surface area contributed by atoms with Crippen molar-refractivity contribution in [2.45, 2.75) is 20.5 Å². The molecule has 1 saturated heterocycles. The molecule has 0 amide bonds. The first-order valence-corrected chi connectivity index (χ1v) is 10.9. The molecule has 1 aliphatic heterocycles. The summed E-state index contributed by atoms with van der Waals surface area (Å²) in [5, 5.41) is 4.72. The van der Waals surface area contributed by atoms with Crippen LogP contribution in [-0.2, 0) is 6.67 Å². The van der Waals surface area contributed by atoms with E-state index in [1.165, 1.54) is 11.1 Å². The molecule has 4 rings (SSSR count). The summed E-state index contributed by atoms with van der Waals surface area (Å²) in [6, 6.07) is 18.9. The van der Waals surface area contributed by atoms with E-state index in [1.54, 1.807) is 0 Å². The minimum atomic E-state index is 0.742. The van der Waals surface area contributed by atoms with E-state index in [2.05, 4.69) is 82.0 Å². The molecule has 0 bridgehead atoms. The number of rotatable bonds is 6. The number of benzene rings is 2. The second-order valence-electron chi connectivity index (χ2n) is 7.88. The van der Waals surface area contributed by atoms with Crippen molar-refractivity contribution in [1.29, 1.82) is 0 Å². The maximum atomic E-state index is 5.75. The van der Waals surface area contributed by atoms with Gasteiger partial charge in [-0.25, -0.2) is 4.68 Å². The maximum Gasteiger partial charge on any atom is 0.203 e. The molecule has 2 heterocycles. The number of hydrogen-bond donors (Lipinski definition) is 0. The normalized spacial score (nSPS) is 15.8.